The van der Waals surface area contributed by atoms with E-state index in [0.717, 1.165) is 21.8 Å². The average Bonchev–Trinajstić information content (AvgIpc) is 3.30. The van der Waals surface area contributed by atoms with Crippen LogP contribution in [0.15, 0.2) is 83.3 Å². The molecule has 4 aromatic rings. The number of nitrogens with zero attached hydrogens (tertiary/aromatic N) is 2. The van der Waals surface area contributed by atoms with E-state index in [0.29, 0.717) is 28.5 Å². The second-order valence-electron chi connectivity index (χ2n) is 7.62. The van der Waals surface area contributed by atoms with Gasteiger partial charge in [0, 0.05) is 18.0 Å². The van der Waals surface area contributed by atoms with Crippen molar-refractivity contribution in [2.24, 2.45) is 0 Å². The number of thioether (sulfide) groups is 1. The smallest absolute Gasteiger partial charge is 0.272 e. The predicted octanol–water partition coefficient (Wildman–Crippen LogP) is 5.12. The minimum absolute atomic E-state index is 0.120. The van der Waals surface area contributed by atoms with Crippen LogP contribution in [-0.2, 0) is 17.9 Å². The number of benzene rings is 2. The maximum absolute atomic E-state index is 13.3. The van der Waals surface area contributed by atoms with Crippen LogP contribution < -0.4 is 15.6 Å². The maximum Gasteiger partial charge on any atom is 0.272 e. The Balaban J connectivity index is 1.55. The molecule has 2 heterocycles. The molecule has 1 amide bonds. The summed E-state index contributed by atoms with van der Waals surface area (Å²) in [6, 6.07) is 19.4. The normalized spacial score (nSPS) is 11.8. The molecule has 0 saturated carbocycles. The molecule has 2 aromatic carbocycles. The second kappa shape index (κ2) is 10.7. The van der Waals surface area contributed by atoms with Crippen LogP contribution in [0.1, 0.15) is 12.5 Å². The molecule has 6 nitrogen and oxygen atoms in total. The third kappa shape index (κ3) is 5.24. The minimum atomic E-state index is -0.439. The molecule has 4 rings (SSSR count). The number of carbonyl (C=O) groups is 1. The van der Waals surface area contributed by atoms with Crippen molar-refractivity contribution >= 4 is 39.2 Å². The molecule has 0 saturated heterocycles. The lowest BCUT2D eigenvalue weighted by Crippen LogP contribution is -2.31. The number of carbonyl (C=O) groups excluding carboxylic acids is 1. The number of aromatic nitrogens is 2. The van der Waals surface area contributed by atoms with Gasteiger partial charge in [-0.1, -0.05) is 60.3 Å². The molecule has 0 bridgehead atoms. The van der Waals surface area contributed by atoms with Crippen molar-refractivity contribution in [2.45, 2.75) is 30.4 Å². The Morgan fingerprint density at radius 1 is 1.24 bits per heavy atom. The van der Waals surface area contributed by atoms with Crippen LogP contribution in [0.4, 0.5) is 0 Å². The highest BCUT2D eigenvalue weighted by atomic mass is 32.2. The monoisotopic (exact) mass is 491 g/mol. The van der Waals surface area contributed by atoms with Crippen LogP contribution in [0.5, 0.6) is 5.75 Å². The van der Waals surface area contributed by atoms with Crippen LogP contribution in [0.25, 0.3) is 20.7 Å². The van der Waals surface area contributed by atoms with Crippen LogP contribution in [0.3, 0.4) is 0 Å². The van der Waals surface area contributed by atoms with Gasteiger partial charge < -0.3 is 10.1 Å². The Hall–Kier alpha value is -3.36. The molecule has 1 unspecified atom stereocenters. The summed E-state index contributed by atoms with van der Waals surface area (Å²) in [5.41, 5.74) is 2.54. The van der Waals surface area contributed by atoms with E-state index < -0.39 is 5.25 Å². The van der Waals surface area contributed by atoms with Crippen LogP contribution in [0.2, 0.25) is 0 Å². The molecule has 0 aliphatic carbocycles. The average molecular weight is 492 g/mol. The lowest BCUT2D eigenvalue weighted by Gasteiger charge is -2.15. The maximum atomic E-state index is 13.3. The van der Waals surface area contributed by atoms with Crippen LogP contribution in [-0.4, -0.2) is 27.8 Å². The summed E-state index contributed by atoms with van der Waals surface area (Å²) in [5.74, 6) is 0.639. The van der Waals surface area contributed by atoms with Gasteiger partial charge in [-0.2, -0.15) is 0 Å². The molecular weight excluding hydrogens is 466 g/mol. The number of hydrogen-bond donors (Lipinski definition) is 1. The fraction of sp³-hybridized carbons (Fsp3) is 0.192. The highest BCUT2D eigenvalue weighted by molar-refractivity contribution is 8.00. The first-order valence-electron chi connectivity index (χ1n) is 10.8. The Morgan fingerprint density at radius 2 is 1.97 bits per heavy atom. The Bertz CT molecular complexity index is 1360. The van der Waals surface area contributed by atoms with E-state index in [2.05, 4.69) is 11.9 Å². The molecule has 0 radical (unpaired) electrons. The van der Waals surface area contributed by atoms with E-state index in [1.165, 1.54) is 23.1 Å². The third-order valence-corrected chi connectivity index (χ3v) is 7.50. The number of nitrogens with one attached hydrogen (secondary N) is 1. The molecule has 8 heteroatoms. The molecule has 0 aliphatic rings. The van der Waals surface area contributed by atoms with Crippen molar-refractivity contribution in [3.8, 4) is 16.2 Å². The summed E-state index contributed by atoms with van der Waals surface area (Å²) in [4.78, 5) is 31.8. The van der Waals surface area contributed by atoms with Gasteiger partial charge in [0.05, 0.1) is 17.9 Å². The van der Waals surface area contributed by atoms with Crippen LogP contribution in [0, 0.1) is 0 Å². The van der Waals surface area contributed by atoms with Gasteiger partial charge in [0.25, 0.3) is 5.56 Å². The van der Waals surface area contributed by atoms with Crippen LogP contribution >= 0.6 is 23.1 Å². The largest absolute Gasteiger partial charge is 0.497 e. The van der Waals surface area contributed by atoms with E-state index in [1.54, 1.807) is 17.8 Å². The van der Waals surface area contributed by atoms with Crippen molar-refractivity contribution in [1.29, 1.82) is 0 Å². The number of rotatable bonds is 9. The molecule has 34 heavy (non-hydrogen) atoms. The summed E-state index contributed by atoms with van der Waals surface area (Å²) < 4.78 is 7.35. The lowest BCUT2D eigenvalue weighted by molar-refractivity contribution is -0.120. The second-order valence-corrected chi connectivity index (χ2v) is 9.98. The Kier molecular flexibility index (Phi) is 7.49. The molecule has 1 N–H and O–H groups in total. The topological polar surface area (TPSA) is 73.2 Å². The summed E-state index contributed by atoms with van der Waals surface area (Å²) in [7, 11) is 1.62. The number of fused-ring (bicyclic) bond motifs is 1. The zero-order chi connectivity index (χ0) is 24.1. The lowest BCUT2D eigenvalue weighted by atomic mass is 10.2. The number of amides is 1. The fourth-order valence-corrected chi connectivity index (χ4v) is 5.40. The van der Waals surface area contributed by atoms with Crippen molar-refractivity contribution < 1.29 is 9.53 Å². The van der Waals surface area contributed by atoms with Crippen molar-refractivity contribution in [1.82, 2.24) is 14.9 Å². The summed E-state index contributed by atoms with van der Waals surface area (Å²) in [6.07, 6.45) is 1.67. The standard InChI is InChI=1S/C26H25N3O3S2/c1-4-14-29-25(31)23-21(15-22(34-23)19-8-6-5-7-9-19)28-26(29)33-17(2)24(30)27-16-18-10-12-20(32-3)13-11-18/h4-13,15,17H,1,14,16H2,2-3H3,(H,27,30). The Morgan fingerprint density at radius 3 is 2.65 bits per heavy atom. The Labute approximate surface area is 206 Å². The van der Waals surface area contributed by atoms with E-state index in [4.69, 9.17) is 9.72 Å². The van der Waals surface area contributed by atoms with Gasteiger partial charge >= 0.3 is 0 Å². The number of methoxy groups -OCH3 is 1. The van der Waals surface area contributed by atoms with Gasteiger partial charge in [-0.15, -0.1) is 17.9 Å². The molecule has 2 aromatic heterocycles. The number of thiophene rings is 1. The van der Waals surface area contributed by atoms with E-state index in [-0.39, 0.29) is 11.5 Å². The highest BCUT2D eigenvalue weighted by Crippen LogP contribution is 2.32. The van der Waals surface area contributed by atoms with Gasteiger partial charge in [-0.05, 0) is 36.2 Å². The van der Waals surface area contributed by atoms with E-state index in [9.17, 15) is 9.59 Å². The molecule has 174 valence electrons. The fourth-order valence-electron chi connectivity index (χ4n) is 3.40. The predicted molar refractivity (Wildman–Crippen MR) is 140 cm³/mol. The molecule has 0 fully saturated rings. The highest BCUT2D eigenvalue weighted by Gasteiger charge is 2.20. The first-order valence-corrected chi connectivity index (χ1v) is 12.5. The zero-order valence-electron chi connectivity index (χ0n) is 19.0. The number of hydrogen-bond acceptors (Lipinski definition) is 6. The molecule has 0 aliphatic heterocycles. The van der Waals surface area contributed by atoms with Crippen molar-refractivity contribution in [3.05, 3.63) is 89.2 Å². The minimum Gasteiger partial charge on any atom is -0.497 e. The van der Waals surface area contributed by atoms with Gasteiger partial charge in [0.2, 0.25) is 5.91 Å². The van der Waals surface area contributed by atoms with Gasteiger partial charge in [-0.25, -0.2) is 4.98 Å². The van der Waals surface area contributed by atoms with E-state index in [1.807, 2.05) is 67.6 Å². The van der Waals surface area contributed by atoms with Crippen molar-refractivity contribution in [3.63, 3.8) is 0 Å². The first kappa shape index (κ1) is 23.8. The van der Waals surface area contributed by atoms with Gasteiger partial charge in [0.15, 0.2) is 5.16 Å². The van der Waals surface area contributed by atoms with Gasteiger partial charge in [0.1, 0.15) is 10.4 Å². The number of ether oxygens (including phenoxy) is 1. The zero-order valence-corrected chi connectivity index (χ0v) is 20.6. The molecule has 0 spiro atoms. The van der Waals surface area contributed by atoms with Crippen molar-refractivity contribution in [2.75, 3.05) is 7.11 Å². The summed E-state index contributed by atoms with van der Waals surface area (Å²) in [6.45, 7) is 6.32. The summed E-state index contributed by atoms with van der Waals surface area (Å²) in [5, 5.41) is 3.01. The number of allylic oxidation sites excluding steroid dienone is 1. The quantitative estimate of drug-likeness (QED) is 0.200. The SMILES string of the molecule is C=CCn1c(SC(C)C(=O)NCc2ccc(OC)cc2)nc2cc(-c3ccccc3)sc2c1=O. The van der Waals surface area contributed by atoms with E-state index >= 15 is 0 Å². The summed E-state index contributed by atoms with van der Waals surface area (Å²) >= 11 is 2.70. The third-order valence-electron chi connectivity index (χ3n) is 5.25. The van der Waals surface area contributed by atoms with Gasteiger partial charge in [-0.3, -0.25) is 14.2 Å². The first-order chi connectivity index (χ1) is 16.5. The molecule has 1 atom stereocenters. The molecular formula is C26H25N3O3S2.